The van der Waals surface area contributed by atoms with Crippen LogP contribution in [0.25, 0.3) is 0 Å². The Morgan fingerprint density at radius 3 is 2.40 bits per heavy atom. The number of halogens is 3. The van der Waals surface area contributed by atoms with Crippen LogP contribution >= 0.6 is 0 Å². The first-order valence-electron chi connectivity index (χ1n) is 8.70. The minimum atomic E-state index is -5.08. The van der Waals surface area contributed by atoms with Gasteiger partial charge in [0.15, 0.2) is 5.03 Å². The van der Waals surface area contributed by atoms with Gasteiger partial charge in [-0.15, -0.1) is 0 Å². The van der Waals surface area contributed by atoms with Gasteiger partial charge in [-0.05, 0) is 13.3 Å². The summed E-state index contributed by atoms with van der Waals surface area (Å²) in [5.74, 6) is -2.21. The fraction of sp³-hybridized carbons (Fsp3) is 0.500. The Balaban J connectivity index is 0.000000396. The zero-order valence-corrected chi connectivity index (χ0v) is 16.9. The Kier molecular flexibility index (Phi) is 7.36. The summed E-state index contributed by atoms with van der Waals surface area (Å²) in [6.07, 6.45) is 0.436. The Morgan fingerprint density at radius 2 is 1.87 bits per heavy atom. The molecule has 0 radical (unpaired) electrons. The van der Waals surface area contributed by atoms with E-state index in [9.17, 15) is 21.6 Å². The average Bonchev–Trinajstić information content (AvgIpc) is 2.97. The largest absolute Gasteiger partial charge is 0.490 e. The smallest absolute Gasteiger partial charge is 0.478 e. The Hall–Kier alpha value is -2.74. The monoisotopic (exact) mass is 451 g/mol. The number of hydrogen-bond acceptors (Lipinski definition) is 7. The van der Waals surface area contributed by atoms with Gasteiger partial charge in [-0.3, -0.25) is 0 Å². The van der Waals surface area contributed by atoms with E-state index in [1.807, 2.05) is 6.92 Å². The van der Waals surface area contributed by atoms with Gasteiger partial charge in [0.2, 0.25) is 5.88 Å². The summed E-state index contributed by atoms with van der Waals surface area (Å²) >= 11 is 0. The first-order chi connectivity index (χ1) is 14.0. The molecule has 30 heavy (non-hydrogen) atoms. The summed E-state index contributed by atoms with van der Waals surface area (Å²) in [5.41, 5.74) is 1.75. The standard InChI is InChI=1S/C14H19N5O3S.C2HF3O2/c1-3-22-14-11-4-6-19(7-5-12(11)15-9-16-14)23(20,21)13-8-18(2)10-17-13;3-2(4,5)1(6)7/h8-10H,3-7H2,1-2H3;(H,6,7). The Morgan fingerprint density at radius 1 is 1.23 bits per heavy atom. The van der Waals surface area contributed by atoms with E-state index >= 15 is 0 Å². The molecule has 1 aliphatic heterocycles. The second-order valence-corrected chi connectivity index (χ2v) is 8.01. The van der Waals surface area contributed by atoms with Crippen molar-refractivity contribution in [2.24, 2.45) is 7.05 Å². The second-order valence-electron chi connectivity index (χ2n) is 6.12. The molecule has 10 nitrogen and oxygen atoms in total. The Bertz CT molecular complexity index is 993. The van der Waals surface area contributed by atoms with Crippen LogP contribution in [0.3, 0.4) is 0 Å². The first-order valence-corrected chi connectivity index (χ1v) is 10.1. The maximum absolute atomic E-state index is 12.7. The fourth-order valence-corrected chi connectivity index (χ4v) is 4.04. The van der Waals surface area contributed by atoms with Crippen LogP contribution in [0.5, 0.6) is 5.88 Å². The number of carbonyl (C=O) groups is 1. The van der Waals surface area contributed by atoms with Crippen molar-refractivity contribution in [2.45, 2.75) is 31.0 Å². The van der Waals surface area contributed by atoms with Crippen molar-refractivity contribution in [1.82, 2.24) is 23.8 Å². The highest BCUT2D eigenvalue weighted by Crippen LogP contribution is 2.24. The number of fused-ring (bicyclic) bond motifs is 1. The number of aryl methyl sites for hydroxylation is 1. The van der Waals surface area contributed by atoms with E-state index in [4.69, 9.17) is 14.6 Å². The number of ether oxygens (including phenoxy) is 1. The molecule has 1 aliphatic rings. The summed E-state index contributed by atoms with van der Waals surface area (Å²) in [7, 11) is -1.85. The molecule has 0 fully saturated rings. The molecule has 2 aromatic heterocycles. The summed E-state index contributed by atoms with van der Waals surface area (Å²) in [6.45, 7) is 3.14. The number of imidazole rings is 1. The zero-order valence-electron chi connectivity index (χ0n) is 16.1. The van der Waals surface area contributed by atoms with Crippen LogP contribution in [0.1, 0.15) is 18.2 Å². The lowest BCUT2D eigenvalue weighted by Gasteiger charge is -2.18. The van der Waals surface area contributed by atoms with Crippen molar-refractivity contribution in [3.63, 3.8) is 0 Å². The lowest BCUT2D eigenvalue weighted by Crippen LogP contribution is -2.33. The molecule has 0 spiro atoms. The van der Waals surface area contributed by atoms with Crippen LogP contribution in [-0.2, 0) is 34.7 Å². The normalized spacial score (nSPS) is 14.8. The number of carboxylic acid groups (broad SMARTS) is 1. The molecule has 166 valence electrons. The Labute approximate surface area is 170 Å². The van der Waals surface area contributed by atoms with Gasteiger partial charge in [-0.25, -0.2) is 28.2 Å². The van der Waals surface area contributed by atoms with Crippen molar-refractivity contribution in [2.75, 3.05) is 19.7 Å². The van der Waals surface area contributed by atoms with Gasteiger partial charge in [0, 0.05) is 38.3 Å². The molecule has 0 bridgehead atoms. The topological polar surface area (TPSA) is 128 Å². The number of nitrogens with zero attached hydrogens (tertiary/aromatic N) is 5. The molecule has 1 N–H and O–H groups in total. The molecule has 0 saturated carbocycles. The van der Waals surface area contributed by atoms with Crippen molar-refractivity contribution in [3.8, 4) is 5.88 Å². The molecule has 0 saturated heterocycles. The number of sulfonamides is 1. The summed E-state index contributed by atoms with van der Waals surface area (Å²) < 4.78 is 65.7. The average molecular weight is 451 g/mol. The lowest BCUT2D eigenvalue weighted by atomic mass is 10.1. The van der Waals surface area contributed by atoms with Gasteiger partial charge in [0.1, 0.15) is 6.33 Å². The molecule has 3 heterocycles. The number of aromatic nitrogens is 4. The SMILES string of the molecule is CCOc1ncnc2c1CCN(S(=O)(=O)c1cn(C)cn1)CC2.O=C(O)C(F)(F)F. The molecule has 2 aromatic rings. The van der Waals surface area contributed by atoms with E-state index in [0.717, 1.165) is 11.3 Å². The summed E-state index contributed by atoms with van der Waals surface area (Å²) in [5, 5.41) is 7.20. The molecule has 0 aliphatic carbocycles. The predicted octanol–water partition coefficient (Wildman–Crippen LogP) is 1.03. The number of carboxylic acids is 1. The van der Waals surface area contributed by atoms with Crippen LogP contribution < -0.4 is 4.74 Å². The predicted molar refractivity (Wildman–Crippen MR) is 96.3 cm³/mol. The lowest BCUT2D eigenvalue weighted by molar-refractivity contribution is -0.192. The summed E-state index contributed by atoms with van der Waals surface area (Å²) in [6, 6.07) is 0. The highest BCUT2D eigenvalue weighted by atomic mass is 32.2. The van der Waals surface area contributed by atoms with Gasteiger partial charge in [0.05, 0.1) is 18.6 Å². The maximum Gasteiger partial charge on any atom is 0.490 e. The second kappa shape index (κ2) is 9.38. The number of hydrogen-bond donors (Lipinski definition) is 1. The third kappa shape index (κ3) is 5.66. The third-order valence-electron chi connectivity index (χ3n) is 4.01. The minimum Gasteiger partial charge on any atom is -0.478 e. The van der Waals surface area contributed by atoms with Crippen LogP contribution in [0.2, 0.25) is 0 Å². The van der Waals surface area contributed by atoms with Crippen LogP contribution in [0.15, 0.2) is 23.9 Å². The van der Waals surface area contributed by atoms with E-state index in [1.165, 1.54) is 23.2 Å². The molecular formula is C16H20F3N5O5S. The quantitative estimate of drug-likeness (QED) is 0.730. The van der Waals surface area contributed by atoms with Crippen molar-refractivity contribution >= 4 is 16.0 Å². The van der Waals surface area contributed by atoms with E-state index < -0.39 is 22.2 Å². The highest BCUT2D eigenvalue weighted by Gasteiger charge is 2.38. The van der Waals surface area contributed by atoms with E-state index in [0.29, 0.717) is 38.4 Å². The van der Waals surface area contributed by atoms with Gasteiger partial charge in [-0.2, -0.15) is 17.5 Å². The molecule has 3 rings (SSSR count). The van der Waals surface area contributed by atoms with E-state index in [-0.39, 0.29) is 5.03 Å². The van der Waals surface area contributed by atoms with Gasteiger partial charge in [0.25, 0.3) is 10.0 Å². The molecule has 0 aromatic carbocycles. The molecular weight excluding hydrogens is 431 g/mol. The van der Waals surface area contributed by atoms with E-state index in [1.54, 1.807) is 11.6 Å². The van der Waals surface area contributed by atoms with Crippen molar-refractivity contribution in [1.29, 1.82) is 0 Å². The van der Waals surface area contributed by atoms with Crippen LogP contribution in [-0.4, -0.2) is 69.2 Å². The zero-order chi connectivity index (χ0) is 22.5. The fourth-order valence-electron chi connectivity index (χ4n) is 2.63. The highest BCUT2D eigenvalue weighted by molar-refractivity contribution is 7.89. The van der Waals surface area contributed by atoms with Gasteiger partial charge >= 0.3 is 12.1 Å². The summed E-state index contributed by atoms with van der Waals surface area (Å²) in [4.78, 5) is 21.3. The van der Waals surface area contributed by atoms with E-state index in [2.05, 4.69) is 15.0 Å². The number of alkyl halides is 3. The van der Waals surface area contributed by atoms with Gasteiger partial charge in [-0.1, -0.05) is 0 Å². The molecule has 14 heteroatoms. The first kappa shape index (κ1) is 23.5. The maximum atomic E-state index is 12.7. The van der Waals surface area contributed by atoms with Gasteiger partial charge < -0.3 is 14.4 Å². The van der Waals surface area contributed by atoms with Crippen LogP contribution in [0.4, 0.5) is 13.2 Å². The minimum absolute atomic E-state index is 0.0714. The van der Waals surface area contributed by atoms with Crippen LogP contribution in [0, 0.1) is 0 Å². The van der Waals surface area contributed by atoms with Crippen molar-refractivity contribution in [3.05, 3.63) is 30.1 Å². The number of aliphatic carboxylic acids is 1. The molecule has 0 unspecified atom stereocenters. The molecule has 0 amide bonds. The van der Waals surface area contributed by atoms with Crippen molar-refractivity contribution < 1.29 is 36.2 Å². The third-order valence-corrected chi connectivity index (χ3v) is 5.80. The molecule has 0 atom stereocenters. The number of rotatable bonds is 4.